The number of nitrogens with one attached hydrogen (secondary N) is 1. The lowest BCUT2D eigenvalue weighted by atomic mass is 10.1. The van der Waals surface area contributed by atoms with Gasteiger partial charge in [-0.05, 0) is 57.6 Å². The van der Waals surface area contributed by atoms with Crippen LogP contribution in [0.3, 0.4) is 0 Å². The number of ether oxygens (including phenoxy) is 1. The van der Waals surface area contributed by atoms with E-state index in [2.05, 4.69) is 10.2 Å². The average molecular weight is 262 g/mol. The molecule has 2 heterocycles. The molecule has 4 heteroatoms. The Morgan fingerprint density at radius 2 is 2.16 bits per heavy atom. The Hall–Kier alpha value is -1.26. The molecule has 0 bridgehead atoms. The molecule has 3 rings (SSSR count). The number of fused-ring (bicyclic) bond motifs is 1. The minimum Gasteiger partial charge on any atom is -0.508 e. The minimum absolute atomic E-state index is 0.272. The maximum atomic E-state index is 9.41. The van der Waals surface area contributed by atoms with Crippen LogP contribution in [0, 0.1) is 0 Å². The zero-order chi connectivity index (χ0) is 13.1. The van der Waals surface area contributed by atoms with Crippen molar-refractivity contribution in [1.29, 1.82) is 0 Å². The SMILES string of the molecule is Oc1ccc2c(c1)OCC2NCCCN1CCCC1. The first kappa shape index (κ1) is 12.8. The van der Waals surface area contributed by atoms with Gasteiger partial charge in [0.15, 0.2) is 0 Å². The third-order valence-electron chi connectivity index (χ3n) is 4.02. The molecule has 1 unspecified atom stereocenters. The maximum Gasteiger partial charge on any atom is 0.127 e. The Balaban J connectivity index is 1.44. The van der Waals surface area contributed by atoms with Gasteiger partial charge in [0.25, 0.3) is 0 Å². The Kier molecular flexibility index (Phi) is 3.89. The molecule has 1 aromatic carbocycles. The van der Waals surface area contributed by atoms with Crippen molar-refractivity contribution in [3.8, 4) is 11.5 Å². The van der Waals surface area contributed by atoms with Crippen LogP contribution in [0.5, 0.6) is 11.5 Å². The fourth-order valence-electron chi connectivity index (χ4n) is 2.95. The second-order valence-electron chi connectivity index (χ2n) is 5.44. The van der Waals surface area contributed by atoms with E-state index in [0.717, 1.165) is 12.3 Å². The van der Waals surface area contributed by atoms with Gasteiger partial charge in [0, 0.05) is 11.6 Å². The van der Waals surface area contributed by atoms with Gasteiger partial charge < -0.3 is 20.1 Å². The van der Waals surface area contributed by atoms with Crippen LogP contribution in [0.15, 0.2) is 18.2 Å². The molecule has 0 amide bonds. The molecule has 19 heavy (non-hydrogen) atoms. The molecule has 0 aliphatic carbocycles. The van der Waals surface area contributed by atoms with Crippen molar-refractivity contribution in [1.82, 2.24) is 10.2 Å². The van der Waals surface area contributed by atoms with Crippen LogP contribution in [-0.4, -0.2) is 42.8 Å². The highest BCUT2D eigenvalue weighted by atomic mass is 16.5. The Morgan fingerprint density at radius 1 is 1.32 bits per heavy atom. The van der Waals surface area contributed by atoms with E-state index in [9.17, 15) is 5.11 Å². The summed E-state index contributed by atoms with van der Waals surface area (Å²) in [5.74, 6) is 1.09. The molecule has 1 fully saturated rings. The largest absolute Gasteiger partial charge is 0.508 e. The summed E-state index contributed by atoms with van der Waals surface area (Å²) in [5.41, 5.74) is 1.17. The Labute approximate surface area is 114 Å². The standard InChI is InChI=1S/C15H22N2O2/c18-12-4-5-13-14(11-19-15(13)10-12)16-6-3-9-17-7-1-2-8-17/h4-5,10,14,16,18H,1-3,6-9,11H2. The summed E-state index contributed by atoms with van der Waals surface area (Å²) in [4.78, 5) is 2.54. The molecule has 0 aromatic heterocycles. The molecule has 2 aliphatic rings. The molecule has 1 aromatic rings. The van der Waals surface area contributed by atoms with Crippen LogP contribution in [0.2, 0.25) is 0 Å². The van der Waals surface area contributed by atoms with Crippen molar-refractivity contribution >= 4 is 0 Å². The lowest BCUT2D eigenvalue weighted by Gasteiger charge is -2.16. The third kappa shape index (κ3) is 3.01. The fourth-order valence-corrected chi connectivity index (χ4v) is 2.95. The van der Waals surface area contributed by atoms with Crippen molar-refractivity contribution in [2.75, 3.05) is 32.8 Å². The lowest BCUT2D eigenvalue weighted by Crippen LogP contribution is -2.28. The number of aromatic hydroxyl groups is 1. The molecule has 0 spiro atoms. The molecule has 1 atom stereocenters. The Morgan fingerprint density at radius 3 is 3.00 bits per heavy atom. The highest BCUT2D eigenvalue weighted by molar-refractivity contribution is 5.44. The number of hydrogen-bond donors (Lipinski definition) is 2. The normalized spacial score (nSPS) is 22.4. The maximum absolute atomic E-state index is 9.41. The van der Waals surface area contributed by atoms with Crippen LogP contribution in [-0.2, 0) is 0 Å². The van der Waals surface area contributed by atoms with Crippen molar-refractivity contribution in [3.05, 3.63) is 23.8 Å². The number of likely N-dealkylation sites (tertiary alicyclic amines) is 1. The summed E-state index contributed by atoms with van der Waals surface area (Å²) >= 11 is 0. The highest BCUT2D eigenvalue weighted by Crippen LogP contribution is 2.34. The van der Waals surface area contributed by atoms with E-state index >= 15 is 0 Å². The molecule has 2 aliphatic heterocycles. The quantitative estimate of drug-likeness (QED) is 0.796. The summed E-state index contributed by atoms with van der Waals surface area (Å²) in [6.45, 7) is 5.43. The highest BCUT2D eigenvalue weighted by Gasteiger charge is 2.23. The molecule has 1 saturated heterocycles. The fraction of sp³-hybridized carbons (Fsp3) is 0.600. The van der Waals surface area contributed by atoms with E-state index in [-0.39, 0.29) is 11.8 Å². The van der Waals surface area contributed by atoms with E-state index < -0.39 is 0 Å². The first-order valence-electron chi connectivity index (χ1n) is 7.24. The van der Waals surface area contributed by atoms with Gasteiger partial charge in [-0.1, -0.05) is 0 Å². The second kappa shape index (κ2) is 5.80. The van der Waals surface area contributed by atoms with Gasteiger partial charge in [-0.15, -0.1) is 0 Å². The van der Waals surface area contributed by atoms with Gasteiger partial charge in [0.1, 0.15) is 18.1 Å². The predicted octanol–water partition coefficient (Wildman–Crippen LogP) is 1.90. The van der Waals surface area contributed by atoms with Gasteiger partial charge in [-0.25, -0.2) is 0 Å². The van der Waals surface area contributed by atoms with Gasteiger partial charge in [-0.3, -0.25) is 0 Å². The van der Waals surface area contributed by atoms with E-state index in [4.69, 9.17) is 4.74 Å². The topological polar surface area (TPSA) is 44.7 Å². The van der Waals surface area contributed by atoms with Crippen molar-refractivity contribution < 1.29 is 9.84 Å². The van der Waals surface area contributed by atoms with Crippen molar-refractivity contribution in [2.24, 2.45) is 0 Å². The summed E-state index contributed by atoms with van der Waals surface area (Å²) in [7, 11) is 0. The molecule has 2 N–H and O–H groups in total. The number of phenols is 1. The monoisotopic (exact) mass is 262 g/mol. The molecule has 0 radical (unpaired) electrons. The molecular formula is C15H22N2O2. The summed E-state index contributed by atoms with van der Waals surface area (Å²) < 4.78 is 5.59. The van der Waals surface area contributed by atoms with Gasteiger partial charge in [0.05, 0.1) is 6.04 Å². The van der Waals surface area contributed by atoms with Crippen molar-refractivity contribution in [2.45, 2.75) is 25.3 Å². The number of hydrogen-bond acceptors (Lipinski definition) is 4. The zero-order valence-electron chi connectivity index (χ0n) is 11.3. The van der Waals surface area contributed by atoms with Crippen LogP contribution in [0.25, 0.3) is 0 Å². The first-order valence-corrected chi connectivity index (χ1v) is 7.24. The first-order chi connectivity index (χ1) is 9.33. The molecule has 4 nitrogen and oxygen atoms in total. The number of rotatable bonds is 5. The average Bonchev–Trinajstić information content (AvgIpc) is 3.03. The zero-order valence-corrected chi connectivity index (χ0v) is 11.3. The van der Waals surface area contributed by atoms with E-state index in [1.807, 2.05) is 6.07 Å². The van der Waals surface area contributed by atoms with Gasteiger partial charge in [0.2, 0.25) is 0 Å². The van der Waals surface area contributed by atoms with Crippen LogP contribution in [0.1, 0.15) is 30.9 Å². The number of benzene rings is 1. The van der Waals surface area contributed by atoms with Crippen LogP contribution >= 0.6 is 0 Å². The lowest BCUT2D eigenvalue weighted by molar-refractivity contribution is 0.299. The molecular weight excluding hydrogens is 240 g/mol. The third-order valence-corrected chi connectivity index (χ3v) is 4.02. The predicted molar refractivity (Wildman–Crippen MR) is 74.6 cm³/mol. The molecule has 104 valence electrons. The summed E-state index contributed by atoms with van der Waals surface area (Å²) in [6, 6.07) is 5.65. The van der Waals surface area contributed by atoms with Gasteiger partial charge in [-0.2, -0.15) is 0 Å². The molecule has 0 saturated carbocycles. The van der Waals surface area contributed by atoms with E-state index in [1.165, 1.54) is 44.5 Å². The van der Waals surface area contributed by atoms with Crippen LogP contribution < -0.4 is 10.1 Å². The van der Waals surface area contributed by atoms with E-state index in [0.29, 0.717) is 6.61 Å². The summed E-state index contributed by atoms with van der Waals surface area (Å²) in [6.07, 6.45) is 3.91. The minimum atomic E-state index is 0.272. The Bertz CT molecular complexity index is 430. The van der Waals surface area contributed by atoms with Crippen LogP contribution in [0.4, 0.5) is 0 Å². The summed E-state index contributed by atoms with van der Waals surface area (Å²) in [5, 5.41) is 13.0. The number of nitrogens with zero attached hydrogens (tertiary/aromatic N) is 1. The number of phenolic OH excluding ortho intramolecular Hbond substituents is 1. The second-order valence-corrected chi connectivity index (χ2v) is 5.44. The smallest absolute Gasteiger partial charge is 0.127 e. The van der Waals surface area contributed by atoms with Gasteiger partial charge >= 0.3 is 0 Å². The van der Waals surface area contributed by atoms with Crippen molar-refractivity contribution in [3.63, 3.8) is 0 Å². The van der Waals surface area contributed by atoms with E-state index in [1.54, 1.807) is 12.1 Å².